The van der Waals surface area contributed by atoms with Gasteiger partial charge in [-0.05, 0) is 0 Å². The van der Waals surface area contributed by atoms with Crippen molar-refractivity contribution >= 4 is 34.0 Å². The van der Waals surface area contributed by atoms with Crippen LogP contribution in [0.5, 0.6) is 0 Å². The summed E-state index contributed by atoms with van der Waals surface area (Å²) < 4.78 is 300. The number of carbonyl (C=O) groups is 1. The first-order valence-corrected chi connectivity index (χ1v) is 16.7. The molecule has 0 atom stereocenters. The van der Waals surface area contributed by atoms with Crippen molar-refractivity contribution in [2.75, 3.05) is 6.61 Å². The molecule has 0 saturated carbocycles. The highest BCUT2D eigenvalue weighted by Crippen LogP contribution is 2.30. The average molecular weight is 933 g/mol. The van der Waals surface area contributed by atoms with Gasteiger partial charge in [-0.3, -0.25) is 0 Å². The first-order valence-electron chi connectivity index (χ1n) is 16.7. The summed E-state index contributed by atoms with van der Waals surface area (Å²) in [5.74, 6) is -72.0. The Labute approximate surface area is 341 Å². The van der Waals surface area contributed by atoms with Gasteiger partial charge in [0.05, 0.1) is 6.20 Å². The summed E-state index contributed by atoms with van der Waals surface area (Å²) in [6, 6.07) is 11.6. The standard InChI is InChI=1S/C24BF20.C14H12N3O2/c26-5-1(6(27)14(35)21(42)13(5)34)25(2-7(28)15(36)22(43)16(37)8(2)29,3-9(30)17(38)23(44)18(39)10(3)31)4-11(32)19(40)24(45)20(41)12(4)33;15-6-9-19-14(18)13-11-17(8-7-16-13)10-12-4-2-1-3-5-12/h;1-5,7-8,11H,9-10H2/q-1;+1. The van der Waals surface area contributed by atoms with Crippen molar-refractivity contribution in [3.8, 4) is 6.07 Å². The summed E-state index contributed by atoms with van der Waals surface area (Å²) >= 11 is 0. The molecule has 0 amide bonds. The van der Waals surface area contributed by atoms with E-state index in [0.717, 1.165) is 5.56 Å². The fourth-order valence-corrected chi connectivity index (χ4v) is 6.48. The number of ether oxygens (including phenoxy) is 1. The Morgan fingerprint density at radius 2 is 0.797 bits per heavy atom. The summed E-state index contributed by atoms with van der Waals surface area (Å²) in [6.07, 6.45) is -2.31. The topological polar surface area (TPSA) is 66.9 Å². The van der Waals surface area contributed by atoms with Crippen LogP contribution >= 0.6 is 0 Å². The monoisotopic (exact) mass is 933 g/mol. The third kappa shape index (κ3) is 7.78. The Hall–Kier alpha value is -7.20. The normalized spacial score (nSPS) is 11.3. The molecule has 0 aliphatic heterocycles. The van der Waals surface area contributed by atoms with E-state index in [4.69, 9.17) is 10.00 Å². The Balaban J connectivity index is 0.000000337. The van der Waals surface area contributed by atoms with Gasteiger partial charge in [0, 0.05) is 5.56 Å². The Kier molecular flexibility index (Phi) is 13.7. The van der Waals surface area contributed by atoms with Crippen molar-refractivity contribution in [2.24, 2.45) is 0 Å². The lowest BCUT2D eigenvalue weighted by atomic mass is 9.12. The molecular weight excluding hydrogens is 921 g/mol. The fraction of sp³-hybridized carbons (Fsp3) is 0.0526. The van der Waals surface area contributed by atoms with Crippen LogP contribution in [0.1, 0.15) is 16.1 Å². The van der Waals surface area contributed by atoms with Gasteiger partial charge in [0.15, 0.2) is 89.2 Å². The van der Waals surface area contributed by atoms with E-state index in [1.54, 1.807) is 18.5 Å². The van der Waals surface area contributed by atoms with Crippen LogP contribution in [0, 0.1) is 128 Å². The zero-order valence-electron chi connectivity index (χ0n) is 30.3. The van der Waals surface area contributed by atoms with Crippen LogP contribution in [-0.4, -0.2) is 23.7 Å². The summed E-state index contributed by atoms with van der Waals surface area (Å²) in [7, 11) is 0. The number of esters is 1. The SMILES string of the molecule is Fc1c(F)c(F)c([B-](c2c(F)c(F)c(F)c(F)c2F)(c2c(F)c(F)c(F)c(F)c2F)c2c(F)c(F)c(F)c(F)c2F)c(F)c1F.N#CCOC(=O)c1c[n+](Cc2ccccc2)ccn1. The lowest BCUT2D eigenvalue weighted by molar-refractivity contribution is -0.689. The molecule has 1 aromatic heterocycles. The third-order valence-corrected chi connectivity index (χ3v) is 9.15. The maximum atomic E-state index is 15.4. The van der Waals surface area contributed by atoms with Crippen molar-refractivity contribution in [3.05, 3.63) is 177 Å². The molecule has 0 unspecified atom stereocenters. The van der Waals surface area contributed by atoms with Crippen molar-refractivity contribution < 1.29 is 102 Å². The van der Waals surface area contributed by atoms with Gasteiger partial charge in [-0.25, -0.2) is 97.6 Å². The molecule has 6 aromatic rings. The molecule has 0 N–H and O–H groups in total. The van der Waals surface area contributed by atoms with Crippen LogP contribution < -0.4 is 26.4 Å². The Morgan fingerprint density at radius 1 is 0.500 bits per heavy atom. The fourth-order valence-electron chi connectivity index (χ4n) is 6.48. The van der Waals surface area contributed by atoms with E-state index in [0.29, 0.717) is 6.54 Å². The van der Waals surface area contributed by atoms with E-state index in [-0.39, 0.29) is 12.3 Å². The maximum Gasteiger partial charge on any atom is 0.364 e. The lowest BCUT2D eigenvalue weighted by Crippen LogP contribution is -2.81. The molecule has 5 aromatic carbocycles. The molecule has 64 heavy (non-hydrogen) atoms. The first-order chi connectivity index (χ1) is 30.0. The van der Waals surface area contributed by atoms with Crippen LogP contribution in [0.2, 0.25) is 0 Å². The quantitative estimate of drug-likeness (QED) is 0.0415. The lowest BCUT2D eigenvalue weighted by Gasteiger charge is -2.44. The van der Waals surface area contributed by atoms with Crippen LogP contribution in [0.3, 0.4) is 0 Å². The molecule has 0 aliphatic carbocycles. The number of halogens is 20. The minimum atomic E-state index is -7.22. The third-order valence-electron chi connectivity index (χ3n) is 9.15. The first kappa shape index (κ1) is 47.8. The number of aromatic nitrogens is 2. The van der Waals surface area contributed by atoms with Crippen molar-refractivity contribution in [1.82, 2.24) is 4.98 Å². The molecular formula is C38H12BF20N3O2. The van der Waals surface area contributed by atoms with Gasteiger partial charge in [0.1, 0.15) is 58.8 Å². The van der Waals surface area contributed by atoms with E-state index >= 15 is 35.1 Å². The smallest absolute Gasteiger partial charge is 0.364 e. The Morgan fingerprint density at radius 3 is 1.09 bits per heavy atom. The molecule has 5 nitrogen and oxygen atoms in total. The molecule has 26 heteroatoms. The zero-order valence-corrected chi connectivity index (χ0v) is 30.3. The highest BCUT2D eigenvalue weighted by atomic mass is 19.2. The summed E-state index contributed by atoms with van der Waals surface area (Å²) in [5, 5.41) is 8.36. The number of carbonyl (C=O) groups excluding carboxylic acids is 1. The Bertz CT molecular complexity index is 2530. The van der Waals surface area contributed by atoms with Gasteiger partial charge >= 0.3 is 5.97 Å². The molecule has 0 bridgehead atoms. The molecule has 6 rings (SSSR count). The predicted octanol–water partition coefficient (Wildman–Crippen LogP) is 6.94. The summed E-state index contributed by atoms with van der Waals surface area (Å²) in [5.41, 5.74) is -13.0. The number of hydrogen-bond donors (Lipinski definition) is 0. The number of nitrogens with zero attached hydrogens (tertiary/aromatic N) is 3. The van der Waals surface area contributed by atoms with Gasteiger partial charge in [0.25, 0.3) is 0 Å². The minimum Gasteiger partial charge on any atom is -0.445 e. The van der Waals surface area contributed by atoms with Crippen LogP contribution in [0.15, 0.2) is 48.9 Å². The van der Waals surface area contributed by atoms with Gasteiger partial charge in [-0.15, -0.1) is 21.9 Å². The second-order valence-electron chi connectivity index (χ2n) is 12.6. The highest BCUT2D eigenvalue weighted by Gasteiger charge is 2.52. The molecule has 0 spiro atoms. The molecule has 334 valence electrons. The molecule has 0 saturated heterocycles. The van der Waals surface area contributed by atoms with Crippen LogP contribution in [0.25, 0.3) is 0 Å². The maximum absolute atomic E-state index is 15.4. The molecule has 0 fully saturated rings. The second-order valence-corrected chi connectivity index (χ2v) is 12.6. The highest BCUT2D eigenvalue weighted by molar-refractivity contribution is 7.20. The number of nitriles is 1. The number of hydrogen-bond acceptors (Lipinski definition) is 4. The van der Waals surface area contributed by atoms with Gasteiger partial charge < -0.3 is 4.74 Å². The van der Waals surface area contributed by atoms with Crippen LogP contribution in [0.4, 0.5) is 87.8 Å². The van der Waals surface area contributed by atoms with E-state index in [2.05, 4.69) is 4.98 Å². The molecule has 0 radical (unpaired) electrons. The predicted molar refractivity (Wildman–Crippen MR) is 175 cm³/mol. The van der Waals surface area contributed by atoms with Crippen molar-refractivity contribution in [2.45, 2.75) is 6.54 Å². The number of rotatable bonds is 8. The van der Waals surface area contributed by atoms with Gasteiger partial charge in [0.2, 0.25) is 11.9 Å². The van der Waals surface area contributed by atoms with E-state index in [9.17, 15) is 57.5 Å². The van der Waals surface area contributed by atoms with Crippen molar-refractivity contribution in [1.29, 1.82) is 5.26 Å². The number of benzene rings is 5. The molecule has 0 aliphatic rings. The minimum absolute atomic E-state index is 0.189. The average Bonchev–Trinajstić information content (AvgIpc) is 3.28. The van der Waals surface area contributed by atoms with E-state index in [1.807, 2.05) is 34.9 Å². The van der Waals surface area contributed by atoms with E-state index in [1.165, 1.54) is 6.20 Å². The van der Waals surface area contributed by atoms with Crippen LogP contribution in [-0.2, 0) is 11.3 Å². The van der Waals surface area contributed by atoms with Crippen molar-refractivity contribution in [3.63, 3.8) is 0 Å². The van der Waals surface area contributed by atoms with Gasteiger partial charge in [-0.2, -0.15) is 9.83 Å². The van der Waals surface area contributed by atoms with Gasteiger partial charge in [-0.1, -0.05) is 30.3 Å². The summed E-state index contributed by atoms with van der Waals surface area (Å²) in [6.45, 7) is 0.371. The molecule has 1 heterocycles. The summed E-state index contributed by atoms with van der Waals surface area (Å²) in [4.78, 5) is 15.5. The largest absolute Gasteiger partial charge is 0.445 e. The van der Waals surface area contributed by atoms with E-state index < -0.39 is 150 Å². The second kappa shape index (κ2) is 18.3. The zero-order chi connectivity index (χ0) is 47.9.